The molecule has 0 fully saturated rings. The molecule has 2 amide bonds. The van der Waals surface area contributed by atoms with Gasteiger partial charge in [0, 0.05) is 17.7 Å². The van der Waals surface area contributed by atoms with Crippen LogP contribution >= 0.6 is 0 Å². The summed E-state index contributed by atoms with van der Waals surface area (Å²) in [6.45, 7) is 1.03. The van der Waals surface area contributed by atoms with Crippen molar-refractivity contribution in [3.63, 3.8) is 0 Å². The van der Waals surface area contributed by atoms with Crippen molar-refractivity contribution in [2.24, 2.45) is 0 Å². The van der Waals surface area contributed by atoms with Gasteiger partial charge in [-0.15, -0.1) is 0 Å². The van der Waals surface area contributed by atoms with Crippen molar-refractivity contribution in [1.29, 1.82) is 0 Å². The number of nitro groups is 1. The zero-order valence-corrected chi connectivity index (χ0v) is 13.7. The number of amides is 2. The number of non-ortho nitro benzene ring substituents is 1. The number of hydrogen-bond acceptors (Lipinski definition) is 6. The summed E-state index contributed by atoms with van der Waals surface area (Å²) in [6, 6.07) is 11.4. The molecule has 0 aromatic heterocycles. The van der Waals surface area contributed by atoms with E-state index in [0.29, 0.717) is 0 Å². The second-order valence-corrected chi connectivity index (χ2v) is 5.71. The molecule has 2 aromatic rings. The average molecular weight is 354 g/mol. The molecule has 1 aliphatic heterocycles. The Balaban J connectivity index is 1.87. The first-order chi connectivity index (χ1) is 12.4. The van der Waals surface area contributed by atoms with Gasteiger partial charge in [0.1, 0.15) is 5.75 Å². The Labute approximate surface area is 148 Å². The van der Waals surface area contributed by atoms with E-state index in [9.17, 15) is 24.5 Å². The van der Waals surface area contributed by atoms with Gasteiger partial charge in [0.2, 0.25) is 0 Å². The molecule has 2 aromatic carbocycles. The summed E-state index contributed by atoms with van der Waals surface area (Å²) in [5, 5.41) is 10.7. The van der Waals surface area contributed by atoms with E-state index < -0.39 is 35.2 Å². The van der Waals surface area contributed by atoms with Crippen molar-refractivity contribution in [1.82, 2.24) is 4.90 Å². The quantitative estimate of drug-likeness (QED) is 0.361. The molecule has 0 saturated carbocycles. The predicted octanol–water partition coefficient (Wildman–Crippen LogP) is 2.23. The first-order valence-electron chi connectivity index (χ1n) is 7.77. The number of ketones is 1. The number of fused-ring (bicyclic) bond motifs is 1. The van der Waals surface area contributed by atoms with Crippen LogP contribution in [0, 0.1) is 10.1 Å². The lowest BCUT2D eigenvalue weighted by Gasteiger charge is -2.19. The Bertz CT molecular complexity index is 906. The molecular weight excluding hydrogens is 340 g/mol. The highest BCUT2D eigenvalue weighted by molar-refractivity contribution is 6.12. The number of hydrogen-bond donors (Lipinski definition) is 0. The molecule has 132 valence electrons. The number of nitro benzene ring substituents is 1. The number of nitrogens with zero attached hydrogens (tertiary/aromatic N) is 2. The van der Waals surface area contributed by atoms with Gasteiger partial charge in [0.15, 0.2) is 11.9 Å². The lowest BCUT2D eigenvalue weighted by Crippen LogP contribution is -2.44. The van der Waals surface area contributed by atoms with Gasteiger partial charge in [-0.25, -0.2) is 0 Å². The number of benzene rings is 2. The van der Waals surface area contributed by atoms with Crippen LogP contribution < -0.4 is 4.74 Å². The highest BCUT2D eigenvalue weighted by atomic mass is 16.6. The van der Waals surface area contributed by atoms with Crippen LogP contribution in [0.4, 0.5) is 5.69 Å². The summed E-state index contributed by atoms with van der Waals surface area (Å²) >= 11 is 0. The standard InChI is InChI=1S/C18H14N2O6/c1-11-17(22)19(18(23)14-4-2-3-5-16(14)26-11)10-15(21)12-6-8-13(9-7-12)20(24)25/h2-9,11H,10H2,1H3/t11-/m0/s1. The molecule has 0 unspecified atom stereocenters. The molecule has 0 aliphatic carbocycles. The van der Waals surface area contributed by atoms with Crippen LogP contribution in [0.1, 0.15) is 27.6 Å². The maximum Gasteiger partial charge on any atom is 0.270 e. The molecule has 1 atom stereocenters. The average Bonchev–Trinajstić information content (AvgIpc) is 2.72. The smallest absolute Gasteiger partial charge is 0.270 e. The Morgan fingerprint density at radius 3 is 2.46 bits per heavy atom. The fraction of sp³-hybridized carbons (Fsp3) is 0.167. The van der Waals surface area contributed by atoms with E-state index in [1.807, 2.05) is 0 Å². The summed E-state index contributed by atoms with van der Waals surface area (Å²) in [5.41, 5.74) is 0.212. The third-order valence-electron chi connectivity index (χ3n) is 3.98. The number of rotatable bonds is 4. The van der Waals surface area contributed by atoms with E-state index in [-0.39, 0.29) is 22.6 Å². The van der Waals surface area contributed by atoms with Crippen molar-refractivity contribution in [3.05, 3.63) is 69.8 Å². The van der Waals surface area contributed by atoms with Gasteiger partial charge in [-0.2, -0.15) is 0 Å². The fourth-order valence-electron chi connectivity index (χ4n) is 2.61. The Kier molecular flexibility index (Phi) is 4.49. The van der Waals surface area contributed by atoms with Gasteiger partial charge < -0.3 is 4.74 Å². The molecule has 0 spiro atoms. The predicted molar refractivity (Wildman–Crippen MR) is 90.0 cm³/mol. The Morgan fingerprint density at radius 1 is 1.15 bits per heavy atom. The second-order valence-electron chi connectivity index (χ2n) is 5.71. The van der Waals surface area contributed by atoms with Crippen LogP contribution in [0.15, 0.2) is 48.5 Å². The van der Waals surface area contributed by atoms with Crippen LogP contribution in [-0.2, 0) is 4.79 Å². The number of carbonyl (C=O) groups excluding carboxylic acids is 3. The van der Waals surface area contributed by atoms with Crippen LogP contribution in [0.25, 0.3) is 0 Å². The van der Waals surface area contributed by atoms with Crippen LogP contribution in [0.5, 0.6) is 5.75 Å². The van der Waals surface area contributed by atoms with Gasteiger partial charge in [-0.1, -0.05) is 12.1 Å². The Hall–Kier alpha value is -3.55. The molecule has 26 heavy (non-hydrogen) atoms. The van der Waals surface area contributed by atoms with Gasteiger partial charge in [0.25, 0.3) is 17.5 Å². The molecule has 8 heteroatoms. The minimum absolute atomic E-state index is 0.153. The molecule has 8 nitrogen and oxygen atoms in total. The summed E-state index contributed by atoms with van der Waals surface area (Å²) in [4.78, 5) is 48.6. The molecular formula is C18H14N2O6. The first-order valence-corrected chi connectivity index (χ1v) is 7.77. The number of carbonyl (C=O) groups is 3. The van der Waals surface area contributed by atoms with E-state index >= 15 is 0 Å². The fourth-order valence-corrected chi connectivity index (χ4v) is 2.61. The van der Waals surface area contributed by atoms with Crippen molar-refractivity contribution >= 4 is 23.3 Å². The monoisotopic (exact) mass is 354 g/mol. The SMILES string of the molecule is C[C@@H]1Oc2ccccc2C(=O)N(CC(=O)c2ccc([N+](=O)[O-])cc2)C1=O. The zero-order valence-electron chi connectivity index (χ0n) is 13.7. The zero-order chi connectivity index (χ0) is 18.8. The van der Waals surface area contributed by atoms with E-state index in [1.165, 1.54) is 37.3 Å². The molecule has 0 saturated heterocycles. The largest absolute Gasteiger partial charge is 0.480 e. The Morgan fingerprint density at radius 2 is 1.81 bits per heavy atom. The van der Waals surface area contributed by atoms with Crippen molar-refractivity contribution < 1.29 is 24.0 Å². The van der Waals surface area contributed by atoms with Gasteiger partial charge in [0.05, 0.1) is 17.0 Å². The first kappa shape index (κ1) is 17.3. The van der Waals surface area contributed by atoms with Gasteiger partial charge in [-0.3, -0.25) is 29.4 Å². The van der Waals surface area contributed by atoms with E-state index in [2.05, 4.69) is 0 Å². The number of para-hydroxylation sites is 1. The number of imide groups is 1. The maximum absolute atomic E-state index is 12.7. The lowest BCUT2D eigenvalue weighted by molar-refractivity contribution is -0.384. The van der Waals surface area contributed by atoms with Crippen LogP contribution in [0.3, 0.4) is 0 Å². The van der Waals surface area contributed by atoms with Gasteiger partial charge >= 0.3 is 0 Å². The van der Waals surface area contributed by atoms with Crippen molar-refractivity contribution in [2.75, 3.05) is 6.54 Å². The normalized spacial score (nSPS) is 16.5. The molecule has 0 bridgehead atoms. The molecule has 1 aliphatic rings. The van der Waals surface area contributed by atoms with Gasteiger partial charge in [-0.05, 0) is 31.2 Å². The second kappa shape index (κ2) is 6.75. The van der Waals surface area contributed by atoms with E-state index in [0.717, 1.165) is 4.90 Å². The maximum atomic E-state index is 12.7. The topological polar surface area (TPSA) is 107 Å². The number of ether oxygens (including phenoxy) is 1. The summed E-state index contributed by atoms with van der Waals surface area (Å²) < 4.78 is 5.50. The summed E-state index contributed by atoms with van der Waals surface area (Å²) in [5.74, 6) is -1.47. The molecule has 0 N–H and O–H groups in total. The van der Waals surface area contributed by atoms with E-state index in [1.54, 1.807) is 18.2 Å². The van der Waals surface area contributed by atoms with Crippen LogP contribution in [-0.4, -0.2) is 40.1 Å². The summed E-state index contributed by atoms with van der Waals surface area (Å²) in [6.07, 6.45) is -0.924. The summed E-state index contributed by atoms with van der Waals surface area (Å²) in [7, 11) is 0. The third-order valence-corrected chi connectivity index (χ3v) is 3.98. The molecule has 0 radical (unpaired) electrons. The van der Waals surface area contributed by atoms with Crippen molar-refractivity contribution in [2.45, 2.75) is 13.0 Å². The highest BCUT2D eigenvalue weighted by Gasteiger charge is 2.35. The minimum atomic E-state index is -0.924. The highest BCUT2D eigenvalue weighted by Crippen LogP contribution is 2.25. The number of Topliss-reactive ketones (excluding diaryl/α,β-unsaturated/α-hetero) is 1. The lowest BCUT2D eigenvalue weighted by atomic mass is 10.1. The van der Waals surface area contributed by atoms with E-state index in [4.69, 9.17) is 4.74 Å². The third kappa shape index (κ3) is 3.16. The molecule has 3 rings (SSSR count). The van der Waals surface area contributed by atoms with Crippen molar-refractivity contribution in [3.8, 4) is 5.75 Å². The van der Waals surface area contributed by atoms with Crippen LogP contribution in [0.2, 0.25) is 0 Å². The minimum Gasteiger partial charge on any atom is -0.480 e. The molecule has 1 heterocycles.